The van der Waals surface area contributed by atoms with E-state index in [9.17, 15) is 27.9 Å². The SMILES string of the molecule is Cc1cc(C)cc(N2C(=O)C(=NNc3cccc(-c4cccc(OC(=O)O)c4)c3O)c3ccc(C(F)(F)F)cc32)c1. The Kier molecular flexibility index (Phi) is 6.87. The summed E-state index contributed by atoms with van der Waals surface area (Å²) in [5.41, 5.74) is 4.73. The summed E-state index contributed by atoms with van der Waals surface area (Å²) in [4.78, 5) is 25.7. The molecule has 1 amide bonds. The molecule has 0 atom stereocenters. The fraction of sp³-hybridized carbons (Fsp3) is 0.100. The average Bonchev–Trinajstić information content (AvgIpc) is 3.17. The molecular formula is C30H22F3N3O5. The van der Waals surface area contributed by atoms with Crippen molar-refractivity contribution in [2.45, 2.75) is 20.0 Å². The number of para-hydroxylation sites is 1. The molecule has 0 aliphatic carbocycles. The molecule has 0 aromatic heterocycles. The van der Waals surface area contributed by atoms with E-state index < -0.39 is 23.8 Å². The maximum absolute atomic E-state index is 13.6. The molecule has 0 fully saturated rings. The average molecular weight is 562 g/mol. The fourth-order valence-corrected chi connectivity index (χ4v) is 4.68. The summed E-state index contributed by atoms with van der Waals surface area (Å²) in [6, 6.07) is 19.0. The molecule has 3 N–H and O–H groups in total. The number of hydrazone groups is 1. The van der Waals surface area contributed by atoms with Crippen molar-refractivity contribution >= 4 is 34.8 Å². The van der Waals surface area contributed by atoms with Gasteiger partial charge in [0, 0.05) is 16.8 Å². The van der Waals surface area contributed by atoms with Gasteiger partial charge < -0.3 is 14.9 Å². The third kappa shape index (κ3) is 5.42. The lowest BCUT2D eigenvalue weighted by molar-refractivity contribution is -0.137. The predicted molar refractivity (Wildman–Crippen MR) is 147 cm³/mol. The number of alkyl halides is 3. The van der Waals surface area contributed by atoms with Crippen molar-refractivity contribution in [2.24, 2.45) is 5.10 Å². The number of ether oxygens (including phenoxy) is 1. The summed E-state index contributed by atoms with van der Waals surface area (Å²) in [5, 5.41) is 24.1. The van der Waals surface area contributed by atoms with E-state index in [1.54, 1.807) is 36.4 Å². The quantitative estimate of drug-likeness (QED) is 0.102. The molecule has 1 heterocycles. The second-order valence-corrected chi connectivity index (χ2v) is 9.39. The summed E-state index contributed by atoms with van der Waals surface area (Å²) in [7, 11) is 0. The van der Waals surface area contributed by atoms with Crippen LogP contribution in [0.25, 0.3) is 11.1 Å². The van der Waals surface area contributed by atoms with Crippen molar-refractivity contribution in [3.8, 4) is 22.6 Å². The number of anilines is 3. The van der Waals surface area contributed by atoms with E-state index in [2.05, 4.69) is 15.3 Å². The van der Waals surface area contributed by atoms with Crippen molar-refractivity contribution in [3.63, 3.8) is 0 Å². The Balaban J connectivity index is 1.55. The van der Waals surface area contributed by atoms with Gasteiger partial charge in [0.25, 0.3) is 5.91 Å². The van der Waals surface area contributed by atoms with Crippen LogP contribution in [-0.2, 0) is 11.0 Å². The Morgan fingerprint density at radius 2 is 1.63 bits per heavy atom. The number of nitrogens with zero attached hydrogens (tertiary/aromatic N) is 2. The van der Waals surface area contributed by atoms with Crippen LogP contribution in [0, 0.1) is 13.8 Å². The normalized spacial score (nSPS) is 13.8. The molecule has 4 aromatic rings. The standard InChI is InChI=1S/C30H22F3N3O5/c1-16-11-17(2)13-20(12-16)36-25-15-19(30(31,32)33)9-10-23(25)26(28(36)38)35-34-24-8-4-7-22(27(24)37)18-5-3-6-21(14-18)41-29(39)40/h3-15,34,37H,1-2H3,(H,39,40). The molecule has 0 unspecified atom stereocenters. The van der Waals surface area contributed by atoms with Gasteiger partial charge in [-0.2, -0.15) is 18.3 Å². The van der Waals surface area contributed by atoms with Crippen LogP contribution in [0.2, 0.25) is 0 Å². The lowest BCUT2D eigenvalue weighted by Gasteiger charge is -2.19. The first-order chi connectivity index (χ1) is 19.4. The van der Waals surface area contributed by atoms with Gasteiger partial charge in [-0.3, -0.25) is 15.1 Å². The van der Waals surface area contributed by atoms with E-state index >= 15 is 0 Å². The minimum atomic E-state index is -4.62. The predicted octanol–water partition coefficient (Wildman–Crippen LogP) is 7.25. The maximum atomic E-state index is 13.6. The highest BCUT2D eigenvalue weighted by molar-refractivity contribution is 6.55. The fourth-order valence-electron chi connectivity index (χ4n) is 4.68. The molecule has 0 saturated carbocycles. The van der Waals surface area contributed by atoms with Crippen molar-refractivity contribution in [2.75, 3.05) is 10.3 Å². The number of hydrogen-bond acceptors (Lipinski definition) is 6. The smallest absolute Gasteiger partial charge is 0.505 e. The van der Waals surface area contributed by atoms with Gasteiger partial charge in [0.2, 0.25) is 0 Å². The summed E-state index contributed by atoms with van der Waals surface area (Å²) in [6.45, 7) is 3.64. The Hall–Kier alpha value is -5.32. The number of phenols is 1. The molecule has 11 heteroatoms. The van der Waals surface area contributed by atoms with E-state index in [4.69, 9.17) is 5.11 Å². The molecule has 0 spiro atoms. The van der Waals surface area contributed by atoms with Gasteiger partial charge in [-0.25, -0.2) is 4.79 Å². The minimum absolute atomic E-state index is 0.0311. The highest BCUT2D eigenvalue weighted by Crippen LogP contribution is 2.41. The third-order valence-corrected chi connectivity index (χ3v) is 6.37. The molecule has 1 aliphatic rings. The van der Waals surface area contributed by atoms with Gasteiger partial charge in [-0.1, -0.05) is 30.3 Å². The number of carbonyl (C=O) groups is 2. The second kappa shape index (κ2) is 10.3. The van der Waals surface area contributed by atoms with E-state index in [0.29, 0.717) is 16.8 Å². The Morgan fingerprint density at radius 3 is 2.32 bits per heavy atom. The van der Waals surface area contributed by atoms with Gasteiger partial charge in [-0.15, -0.1) is 0 Å². The molecule has 5 rings (SSSR count). The van der Waals surface area contributed by atoms with Gasteiger partial charge in [-0.05, 0) is 79.1 Å². The van der Waals surface area contributed by atoms with Crippen LogP contribution in [0.4, 0.5) is 35.0 Å². The first-order valence-corrected chi connectivity index (χ1v) is 12.2. The summed E-state index contributed by atoms with van der Waals surface area (Å²) < 4.78 is 45.4. The molecule has 4 aromatic carbocycles. The number of hydrogen-bond donors (Lipinski definition) is 3. The van der Waals surface area contributed by atoms with Gasteiger partial charge in [0.15, 0.2) is 5.71 Å². The first-order valence-electron chi connectivity index (χ1n) is 12.2. The van der Waals surface area contributed by atoms with Gasteiger partial charge >= 0.3 is 12.3 Å². The number of carbonyl (C=O) groups excluding carboxylic acids is 1. The first kappa shape index (κ1) is 27.3. The molecule has 41 heavy (non-hydrogen) atoms. The highest BCUT2D eigenvalue weighted by atomic mass is 19.4. The van der Waals surface area contributed by atoms with E-state index in [1.807, 2.05) is 19.9 Å². The largest absolute Gasteiger partial charge is 0.511 e. The molecule has 1 aliphatic heterocycles. The summed E-state index contributed by atoms with van der Waals surface area (Å²) in [5.74, 6) is -0.856. The number of phenolic OH excluding ortho intramolecular Hbond substituents is 1. The number of benzene rings is 4. The molecular weight excluding hydrogens is 539 g/mol. The number of carboxylic acid groups (broad SMARTS) is 1. The lowest BCUT2D eigenvalue weighted by atomic mass is 10.0. The number of aryl methyl sites for hydroxylation is 2. The monoisotopic (exact) mass is 561 g/mol. The highest BCUT2D eigenvalue weighted by Gasteiger charge is 2.39. The minimum Gasteiger partial charge on any atom is -0.505 e. The van der Waals surface area contributed by atoms with Gasteiger partial charge in [0.1, 0.15) is 11.5 Å². The van der Waals surface area contributed by atoms with Gasteiger partial charge in [0.05, 0.1) is 16.9 Å². The number of nitrogens with one attached hydrogen (secondary N) is 1. The van der Waals surface area contributed by atoms with E-state index in [0.717, 1.165) is 23.3 Å². The Morgan fingerprint density at radius 1 is 0.927 bits per heavy atom. The van der Waals surface area contributed by atoms with Crippen molar-refractivity contribution in [3.05, 3.63) is 101 Å². The summed E-state index contributed by atoms with van der Waals surface area (Å²) >= 11 is 0. The molecule has 208 valence electrons. The van der Waals surface area contributed by atoms with Crippen LogP contribution in [0.15, 0.2) is 84.0 Å². The van der Waals surface area contributed by atoms with Crippen molar-refractivity contribution in [1.29, 1.82) is 0 Å². The number of aromatic hydroxyl groups is 1. The molecule has 0 saturated heterocycles. The zero-order valence-corrected chi connectivity index (χ0v) is 21.7. The Bertz CT molecular complexity index is 1710. The zero-order valence-electron chi connectivity index (χ0n) is 21.7. The lowest BCUT2D eigenvalue weighted by Crippen LogP contribution is -2.26. The Labute approximate surface area is 231 Å². The van der Waals surface area contributed by atoms with Crippen molar-refractivity contribution < 1.29 is 37.7 Å². The molecule has 0 radical (unpaired) electrons. The number of rotatable bonds is 5. The van der Waals surface area contributed by atoms with Crippen LogP contribution < -0.4 is 15.1 Å². The topological polar surface area (TPSA) is 111 Å². The number of fused-ring (bicyclic) bond motifs is 1. The van der Waals surface area contributed by atoms with Crippen LogP contribution >= 0.6 is 0 Å². The summed E-state index contributed by atoms with van der Waals surface area (Å²) in [6.07, 6.45) is -6.11. The number of halogens is 3. The maximum Gasteiger partial charge on any atom is 0.511 e. The van der Waals surface area contributed by atoms with E-state index in [-0.39, 0.29) is 34.1 Å². The van der Waals surface area contributed by atoms with Crippen molar-refractivity contribution in [1.82, 2.24) is 0 Å². The third-order valence-electron chi connectivity index (χ3n) is 6.37. The second-order valence-electron chi connectivity index (χ2n) is 9.39. The zero-order chi connectivity index (χ0) is 29.5. The van der Waals surface area contributed by atoms with Crippen LogP contribution in [-0.4, -0.2) is 28.0 Å². The number of amides is 1. The van der Waals surface area contributed by atoms with Crippen LogP contribution in [0.5, 0.6) is 11.5 Å². The van der Waals surface area contributed by atoms with Crippen LogP contribution in [0.3, 0.4) is 0 Å². The van der Waals surface area contributed by atoms with E-state index in [1.165, 1.54) is 29.2 Å². The molecule has 8 nitrogen and oxygen atoms in total. The molecule has 0 bridgehead atoms. The van der Waals surface area contributed by atoms with Crippen LogP contribution in [0.1, 0.15) is 22.3 Å².